The highest BCUT2D eigenvalue weighted by atomic mass is 79.9. The Morgan fingerprint density at radius 2 is 1.87 bits per heavy atom. The Hall–Kier alpha value is -3.63. The Morgan fingerprint density at radius 1 is 1.13 bits per heavy atom. The van der Waals surface area contributed by atoms with E-state index >= 15 is 0 Å². The van der Waals surface area contributed by atoms with Gasteiger partial charge >= 0.3 is 5.97 Å². The summed E-state index contributed by atoms with van der Waals surface area (Å²) in [5.41, 5.74) is 1.57. The Kier molecular flexibility index (Phi) is 6.83. The molecule has 0 aliphatic carbocycles. The van der Waals surface area contributed by atoms with Gasteiger partial charge in [-0.25, -0.2) is 4.79 Å². The molecule has 7 heteroatoms. The number of benzene rings is 2. The highest BCUT2D eigenvalue weighted by Crippen LogP contribution is 2.30. The second kappa shape index (κ2) is 9.72. The average Bonchev–Trinajstić information content (AvgIpc) is 3.21. The summed E-state index contributed by atoms with van der Waals surface area (Å²) in [6, 6.07) is 19.1. The normalized spacial score (nSPS) is 10.9. The average molecular weight is 465 g/mol. The van der Waals surface area contributed by atoms with Crippen LogP contribution >= 0.6 is 15.9 Å². The zero-order valence-electron chi connectivity index (χ0n) is 16.0. The maximum atomic E-state index is 12.5. The van der Waals surface area contributed by atoms with Crippen molar-refractivity contribution in [2.75, 3.05) is 11.9 Å². The molecule has 150 valence electrons. The lowest BCUT2D eigenvalue weighted by Gasteiger charge is -2.06. The number of nitrogens with one attached hydrogen (secondary N) is 1. The van der Waals surface area contributed by atoms with Gasteiger partial charge in [0.15, 0.2) is 0 Å². The molecule has 0 aliphatic rings. The van der Waals surface area contributed by atoms with Gasteiger partial charge in [-0.15, -0.1) is 0 Å². The minimum atomic E-state index is -0.583. The number of amides is 1. The molecule has 1 aromatic heterocycles. The topological polar surface area (TPSA) is 92.3 Å². The third-order valence-corrected chi connectivity index (χ3v) is 4.76. The molecule has 1 heterocycles. The van der Waals surface area contributed by atoms with E-state index in [-0.39, 0.29) is 12.2 Å². The van der Waals surface area contributed by atoms with E-state index in [1.54, 1.807) is 43.3 Å². The van der Waals surface area contributed by atoms with E-state index in [4.69, 9.17) is 9.15 Å². The van der Waals surface area contributed by atoms with Crippen molar-refractivity contribution in [3.8, 4) is 17.4 Å². The van der Waals surface area contributed by atoms with Crippen LogP contribution in [0.1, 0.15) is 23.0 Å². The summed E-state index contributed by atoms with van der Waals surface area (Å²) >= 11 is 3.47. The molecule has 0 saturated carbocycles. The van der Waals surface area contributed by atoms with Crippen molar-refractivity contribution in [3.63, 3.8) is 0 Å². The molecule has 2 aromatic carbocycles. The van der Waals surface area contributed by atoms with Gasteiger partial charge in [0.2, 0.25) is 0 Å². The number of hydrogen-bond acceptors (Lipinski definition) is 5. The standard InChI is InChI=1S/C23H17BrN2O4/c1-2-29-23(28)15-7-9-17(10-8-15)26-22(27)16(14-25)13-18-11-12-21(30-18)19-5-3-4-6-20(19)24/h3-13H,2H2,1H3,(H,26,27). The predicted octanol–water partition coefficient (Wildman–Crippen LogP) is 5.43. The van der Waals surface area contributed by atoms with Gasteiger partial charge in [-0.3, -0.25) is 4.79 Å². The molecule has 0 radical (unpaired) electrons. The Labute approximate surface area is 181 Å². The predicted molar refractivity (Wildman–Crippen MR) is 116 cm³/mol. The molecule has 0 bridgehead atoms. The number of ether oxygens (including phenoxy) is 1. The summed E-state index contributed by atoms with van der Waals surface area (Å²) in [5, 5.41) is 12.0. The largest absolute Gasteiger partial charge is 0.462 e. The second-order valence-corrected chi connectivity index (χ2v) is 6.96. The molecule has 3 rings (SSSR count). The number of rotatable bonds is 6. The van der Waals surface area contributed by atoms with Gasteiger partial charge in [-0.05, 0) is 49.4 Å². The number of carbonyl (C=O) groups excluding carboxylic acids is 2. The first-order chi connectivity index (χ1) is 14.5. The third-order valence-electron chi connectivity index (χ3n) is 4.07. The minimum Gasteiger partial charge on any atom is -0.462 e. The first kappa shape index (κ1) is 21.1. The van der Waals surface area contributed by atoms with E-state index < -0.39 is 11.9 Å². The summed E-state index contributed by atoms with van der Waals surface area (Å²) in [6.07, 6.45) is 1.38. The lowest BCUT2D eigenvalue weighted by atomic mass is 10.2. The van der Waals surface area contributed by atoms with Crippen LogP contribution < -0.4 is 5.32 Å². The molecule has 30 heavy (non-hydrogen) atoms. The maximum Gasteiger partial charge on any atom is 0.338 e. The fraction of sp³-hybridized carbons (Fsp3) is 0.0870. The molecule has 3 aromatic rings. The SMILES string of the molecule is CCOC(=O)c1ccc(NC(=O)C(C#N)=Cc2ccc(-c3ccccc3Br)o2)cc1. The van der Waals surface area contributed by atoms with E-state index in [0.29, 0.717) is 22.8 Å². The van der Waals surface area contributed by atoms with Crippen molar-refractivity contribution in [3.05, 3.63) is 82.0 Å². The summed E-state index contributed by atoms with van der Waals surface area (Å²) in [5.74, 6) is -0.0296. The number of carbonyl (C=O) groups is 2. The lowest BCUT2D eigenvalue weighted by Crippen LogP contribution is -2.13. The molecule has 0 spiro atoms. The minimum absolute atomic E-state index is 0.113. The quantitative estimate of drug-likeness (QED) is 0.298. The van der Waals surface area contributed by atoms with Crippen molar-refractivity contribution in [2.45, 2.75) is 6.92 Å². The molecular weight excluding hydrogens is 448 g/mol. The lowest BCUT2D eigenvalue weighted by molar-refractivity contribution is -0.112. The molecule has 0 unspecified atom stereocenters. The monoisotopic (exact) mass is 464 g/mol. The van der Waals surface area contributed by atoms with Crippen LogP contribution in [0, 0.1) is 11.3 Å². The highest BCUT2D eigenvalue weighted by Gasteiger charge is 2.13. The molecule has 0 fully saturated rings. The Balaban J connectivity index is 1.74. The van der Waals surface area contributed by atoms with Crippen LogP contribution in [0.3, 0.4) is 0 Å². The number of anilines is 1. The van der Waals surface area contributed by atoms with Crippen LogP contribution in [0.5, 0.6) is 0 Å². The summed E-state index contributed by atoms with van der Waals surface area (Å²) < 4.78 is 11.6. The Morgan fingerprint density at radius 3 is 2.53 bits per heavy atom. The van der Waals surface area contributed by atoms with E-state index in [0.717, 1.165) is 10.0 Å². The van der Waals surface area contributed by atoms with Crippen LogP contribution in [-0.4, -0.2) is 18.5 Å². The van der Waals surface area contributed by atoms with Crippen LogP contribution in [-0.2, 0) is 9.53 Å². The fourth-order valence-electron chi connectivity index (χ4n) is 2.63. The molecule has 1 N–H and O–H groups in total. The number of nitriles is 1. The van der Waals surface area contributed by atoms with Crippen LogP contribution in [0.2, 0.25) is 0 Å². The Bertz CT molecular complexity index is 1140. The first-order valence-electron chi connectivity index (χ1n) is 9.07. The van der Waals surface area contributed by atoms with Gasteiger partial charge in [0, 0.05) is 21.8 Å². The van der Waals surface area contributed by atoms with Gasteiger partial charge in [0.1, 0.15) is 23.2 Å². The van der Waals surface area contributed by atoms with Crippen LogP contribution in [0.25, 0.3) is 17.4 Å². The number of esters is 1. The van der Waals surface area contributed by atoms with Crippen molar-refractivity contribution >= 4 is 39.6 Å². The van der Waals surface area contributed by atoms with Crippen molar-refractivity contribution in [2.24, 2.45) is 0 Å². The van der Waals surface area contributed by atoms with Crippen molar-refractivity contribution < 1.29 is 18.7 Å². The zero-order valence-corrected chi connectivity index (χ0v) is 17.6. The van der Waals surface area contributed by atoms with Crippen LogP contribution in [0.15, 0.2) is 75.1 Å². The molecular formula is C23H17BrN2O4. The molecule has 0 aliphatic heterocycles. The summed E-state index contributed by atoms with van der Waals surface area (Å²) in [7, 11) is 0. The third kappa shape index (κ3) is 5.04. The van der Waals surface area contributed by atoms with Crippen molar-refractivity contribution in [1.82, 2.24) is 0 Å². The van der Waals surface area contributed by atoms with Gasteiger partial charge in [0.25, 0.3) is 5.91 Å². The zero-order chi connectivity index (χ0) is 21.5. The molecule has 0 saturated heterocycles. The smallest absolute Gasteiger partial charge is 0.338 e. The van der Waals surface area contributed by atoms with E-state index in [2.05, 4.69) is 21.2 Å². The molecule has 0 atom stereocenters. The van der Waals surface area contributed by atoms with E-state index in [1.165, 1.54) is 6.08 Å². The highest BCUT2D eigenvalue weighted by molar-refractivity contribution is 9.10. The van der Waals surface area contributed by atoms with Gasteiger partial charge in [0.05, 0.1) is 12.2 Å². The van der Waals surface area contributed by atoms with Crippen molar-refractivity contribution in [1.29, 1.82) is 5.26 Å². The summed E-state index contributed by atoms with van der Waals surface area (Å²) in [6.45, 7) is 2.01. The van der Waals surface area contributed by atoms with Gasteiger partial charge < -0.3 is 14.5 Å². The van der Waals surface area contributed by atoms with Gasteiger partial charge in [-0.2, -0.15) is 5.26 Å². The fourth-order valence-corrected chi connectivity index (χ4v) is 3.11. The number of nitrogens with zero attached hydrogens (tertiary/aromatic N) is 1. The molecule has 6 nitrogen and oxygen atoms in total. The van der Waals surface area contributed by atoms with Crippen LogP contribution in [0.4, 0.5) is 5.69 Å². The second-order valence-electron chi connectivity index (χ2n) is 6.10. The first-order valence-corrected chi connectivity index (χ1v) is 9.86. The number of halogens is 1. The summed E-state index contributed by atoms with van der Waals surface area (Å²) in [4.78, 5) is 24.1. The number of hydrogen-bond donors (Lipinski definition) is 1. The van der Waals surface area contributed by atoms with Gasteiger partial charge in [-0.1, -0.05) is 34.1 Å². The van der Waals surface area contributed by atoms with E-state index in [1.807, 2.05) is 30.3 Å². The van der Waals surface area contributed by atoms with E-state index in [9.17, 15) is 14.9 Å². The maximum absolute atomic E-state index is 12.5. The number of furan rings is 1. The molecule has 1 amide bonds.